The number of anilines is 1. The van der Waals surface area contributed by atoms with E-state index in [1.807, 2.05) is 6.92 Å². The Bertz CT molecular complexity index is 575. The Hall–Kier alpha value is -1.57. The summed E-state index contributed by atoms with van der Waals surface area (Å²) in [6.07, 6.45) is -0.593. The number of ether oxygens (including phenoxy) is 3. The highest BCUT2D eigenvalue weighted by Crippen LogP contribution is 2.37. The molecular weight excluding hydrogens is 296 g/mol. The van der Waals surface area contributed by atoms with E-state index in [0.29, 0.717) is 44.8 Å². The monoisotopic (exact) mass is 313 g/mol. The Kier molecular flexibility index (Phi) is 4.37. The van der Waals surface area contributed by atoms with Gasteiger partial charge in [0.05, 0.1) is 37.2 Å². The summed E-state index contributed by atoms with van der Waals surface area (Å²) in [4.78, 5) is 12.7. The van der Waals surface area contributed by atoms with Crippen LogP contribution >= 0.6 is 0 Å². The molecule has 0 aromatic heterocycles. The molecule has 0 amide bonds. The van der Waals surface area contributed by atoms with Crippen molar-refractivity contribution in [1.82, 2.24) is 0 Å². The molecule has 2 aliphatic heterocycles. The number of carbonyl (C=O) groups is 1. The van der Waals surface area contributed by atoms with Crippen molar-refractivity contribution in [2.45, 2.75) is 19.3 Å². The van der Waals surface area contributed by atoms with Gasteiger partial charge in [0.2, 0.25) is 0 Å². The van der Waals surface area contributed by atoms with E-state index >= 15 is 0 Å². The minimum absolute atomic E-state index is 0.0881. The van der Waals surface area contributed by atoms with Crippen LogP contribution in [0, 0.1) is 11.6 Å². The molecule has 2 heterocycles. The Balaban J connectivity index is 2.08. The molecule has 1 unspecified atom stereocenters. The summed E-state index contributed by atoms with van der Waals surface area (Å²) < 4.78 is 44.8. The third kappa shape index (κ3) is 2.71. The van der Waals surface area contributed by atoms with Crippen LogP contribution in [0.1, 0.15) is 29.1 Å². The smallest absolute Gasteiger partial charge is 0.186 e. The van der Waals surface area contributed by atoms with E-state index in [9.17, 15) is 13.6 Å². The lowest BCUT2D eigenvalue weighted by Crippen LogP contribution is -2.42. The first-order chi connectivity index (χ1) is 10.6. The first-order valence-electron chi connectivity index (χ1n) is 7.18. The maximum Gasteiger partial charge on any atom is 0.186 e. The van der Waals surface area contributed by atoms with Crippen molar-refractivity contribution in [3.05, 3.63) is 28.8 Å². The number of rotatable bonds is 3. The van der Waals surface area contributed by atoms with Gasteiger partial charge in [0.15, 0.2) is 24.2 Å². The molecule has 5 nitrogen and oxygen atoms in total. The maximum atomic E-state index is 14.5. The Labute approximate surface area is 126 Å². The number of hydrogen-bond acceptors (Lipinski definition) is 5. The molecule has 0 saturated carbocycles. The summed E-state index contributed by atoms with van der Waals surface area (Å²) >= 11 is 0. The minimum Gasteiger partial charge on any atom is -0.375 e. The lowest BCUT2D eigenvalue weighted by molar-refractivity contribution is -0.0442. The van der Waals surface area contributed by atoms with Crippen LogP contribution < -0.4 is 4.90 Å². The molecule has 0 radical (unpaired) electrons. The summed E-state index contributed by atoms with van der Waals surface area (Å²) in [5, 5.41) is 0. The van der Waals surface area contributed by atoms with Gasteiger partial charge in [0.1, 0.15) is 0 Å². The molecule has 7 heteroatoms. The molecule has 2 saturated heterocycles. The molecule has 1 atom stereocenters. The van der Waals surface area contributed by atoms with Crippen molar-refractivity contribution in [2.24, 2.45) is 0 Å². The molecule has 0 N–H and O–H groups in total. The Morgan fingerprint density at radius 2 is 1.91 bits per heavy atom. The SMILES string of the molecule is CC1CN(c2c(C3OCCO3)cc(C=O)c(F)c2F)CCO1. The topological polar surface area (TPSA) is 48.0 Å². The van der Waals surface area contributed by atoms with Crippen LogP contribution in [0.2, 0.25) is 0 Å². The highest BCUT2D eigenvalue weighted by Gasteiger charge is 2.31. The van der Waals surface area contributed by atoms with Gasteiger partial charge in [-0.05, 0) is 13.0 Å². The summed E-state index contributed by atoms with van der Waals surface area (Å²) in [6.45, 7) is 3.89. The van der Waals surface area contributed by atoms with Crippen LogP contribution in [-0.4, -0.2) is 45.3 Å². The van der Waals surface area contributed by atoms with Gasteiger partial charge in [-0.3, -0.25) is 4.79 Å². The zero-order chi connectivity index (χ0) is 15.7. The quantitative estimate of drug-likeness (QED) is 0.799. The lowest BCUT2D eigenvalue weighted by Gasteiger charge is -2.35. The summed E-state index contributed by atoms with van der Waals surface area (Å²) in [5.74, 6) is -2.20. The van der Waals surface area contributed by atoms with Crippen LogP contribution in [0.25, 0.3) is 0 Å². The van der Waals surface area contributed by atoms with Crippen molar-refractivity contribution in [2.75, 3.05) is 37.8 Å². The number of carbonyl (C=O) groups excluding carboxylic acids is 1. The predicted octanol–water partition coefficient (Wildman–Crippen LogP) is 2.05. The molecule has 22 heavy (non-hydrogen) atoms. The summed E-state index contributed by atoms with van der Waals surface area (Å²) in [6, 6.07) is 1.30. The Morgan fingerprint density at radius 3 is 2.55 bits per heavy atom. The molecule has 1 aromatic carbocycles. The molecule has 3 rings (SSSR count). The van der Waals surface area contributed by atoms with Gasteiger partial charge < -0.3 is 19.1 Å². The van der Waals surface area contributed by atoms with Crippen molar-refractivity contribution in [1.29, 1.82) is 0 Å². The largest absolute Gasteiger partial charge is 0.375 e. The van der Waals surface area contributed by atoms with E-state index in [1.165, 1.54) is 6.07 Å². The van der Waals surface area contributed by atoms with Gasteiger partial charge in [-0.1, -0.05) is 0 Å². The van der Waals surface area contributed by atoms with Crippen molar-refractivity contribution in [3.8, 4) is 0 Å². The van der Waals surface area contributed by atoms with Crippen LogP contribution in [0.3, 0.4) is 0 Å². The van der Waals surface area contributed by atoms with E-state index in [1.54, 1.807) is 4.90 Å². The van der Waals surface area contributed by atoms with Crippen LogP contribution in [-0.2, 0) is 14.2 Å². The van der Waals surface area contributed by atoms with Gasteiger partial charge in [-0.2, -0.15) is 0 Å². The van der Waals surface area contributed by atoms with E-state index in [4.69, 9.17) is 14.2 Å². The highest BCUT2D eigenvalue weighted by atomic mass is 19.2. The minimum atomic E-state index is -1.15. The normalized spacial score (nSPS) is 23.0. The zero-order valence-corrected chi connectivity index (χ0v) is 12.2. The molecule has 0 aliphatic carbocycles. The fourth-order valence-corrected chi connectivity index (χ4v) is 2.80. The third-order valence-corrected chi connectivity index (χ3v) is 3.80. The van der Waals surface area contributed by atoms with Gasteiger partial charge in [0, 0.05) is 18.7 Å². The zero-order valence-electron chi connectivity index (χ0n) is 12.2. The second-order valence-corrected chi connectivity index (χ2v) is 5.35. The maximum absolute atomic E-state index is 14.5. The summed E-state index contributed by atoms with van der Waals surface area (Å²) in [7, 11) is 0. The first-order valence-corrected chi connectivity index (χ1v) is 7.18. The first kappa shape index (κ1) is 15.3. The van der Waals surface area contributed by atoms with Crippen molar-refractivity contribution < 1.29 is 27.8 Å². The van der Waals surface area contributed by atoms with Gasteiger partial charge in [0.25, 0.3) is 0 Å². The molecule has 1 aromatic rings. The van der Waals surface area contributed by atoms with E-state index in [2.05, 4.69) is 0 Å². The van der Waals surface area contributed by atoms with E-state index < -0.39 is 17.9 Å². The standard InChI is InChI=1S/C15H17F2NO4/c1-9-7-18(2-3-20-9)14-11(15-21-4-5-22-15)6-10(8-19)12(16)13(14)17/h6,8-9,15H,2-5,7H2,1H3. The number of halogens is 2. The second-order valence-electron chi connectivity index (χ2n) is 5.35. The second kappa shape index (κ2) is 6.28. The van der Waals surface area contributed by atoms with Crippen LogP contribution in [0.15, 0.2) is 6.07 Å². The fraction of sp³-hybridized carbons (Fsp3) is 0.533. The lowest BCUT2D eigenvalue weighted by atomic mass is 10.0. The third-order valence-electron chi connectivity index (χ3n) is 3.80. The van der Waals surface area contributed by atoms with Gasteiger partial charge >= 0.3 is 0 Å². The van der Waals surface area contributed by atoms with Crippen molar-refractivity contribution >= 4 is 12.0 Å². The Morgan fingerprint density at radius 1 is 1.18 bits per heavy atom. The van der Waals surface area contributed by atoms with E-state index in [0.717, 1.165) is 0 Å². The summed E-state index contributed by atoms with van der Waals surface area (Å²) in [5.41, 5.74) is 0.0920. The molecule has 0 spiro atoms. The van der Waals surface area contributed by atoms with Gasteiger partial charge in [-0.15, -0.1) is 0 Å². The molecule has 2 fully saturated rings. The molecule has 120 valence electrons. The fourth-order valence-electron chi connectivity index (χ4n) is 2.80. The van der Waals surface area contributed by atoms with Crippen molar-refractivity contribution in [3.63, 3.8) is 0 Å². The van der Waals surface area contributed by atoms with Crippen LogP contribution in [0.4, 0.5) is 14.5 Å². The number of benzene rings is 1. The highest BCUT2D eigenvalue weighted by molar-refractivity contribution is 5.78. The number of morpholine rings is 1. The number of hydrogen-bond donors (Lipinski definition) is 0. The number of aldehydes is 1. The van der Waals surface area contributed by atoms with Gasteiger partial charge in [-0.25, -0.2) is 8.78 Å². The van der Waals surface area contributed by atoms with E-state index in [-0.39, 0.29) is 17.4 Å². The number of nitrogens with zero attached hydrogens (tertiary/aromatic N) is 1. The molecule has 0 bridgehead atoms. The molecule has 2 aliphatic rings. The average molecular weight is 313 g/mol. The molecular formula is C15H17F2NO4. The average Bonchev–Trinajstić information content (AvgIpc) is 3.04. The van der Waals surface area contributed by atoms with Crippen LogP contribution in [0.5, 0.6) is 0 Å². The predicted molar refractivity (Wildman–Crippen MR) is 74.0 cm³/mol.